The van der Waals surface area contributed by atoms with Crippen molar-refractivity contribution in [3.8, 4) is 11.1 Å². The van der Waals surface area contributed by atoms with Crippen molar-refractivity contribution in [1.29, 1.82) is 0 Å². The van der Waals surface area contributed by atoms with Crippen molar-refractivity contribution in [2.24, 2.45) is 5.73 Å². The largest absolute Gasteiger partial charge is 0.393 e. The van der Waals surface area contributed by atoms with Crippen LogP contribution in [-0.4, -0.2) is 32.1 Å². The first-order chi connectivity index (χ1) is 13.4. The molecule has 7 heteroatoms. The zero-order valence-corrected chi connectivity index (χ0v) is 16.6. The zero-order chi connectivity index (χ0) is 20.4. The van der Waals surface area contributed by atoms with E-state index in [0.29, 0.717) is 32.1 Å². The van der Waals surface area contributed by atoms with Gasteiger partial charge in [0.2, 0.25) is 5.91 Å². The van der Waals surface area contributed by atoms with Gasteiger partial charge in [0.15, 0.2) is 0 Å². The summed E-state index contributed by atoms with van der Waals surface area (Å²) < 4.78 is 29.6. The molecule has 0 fully saturated rings. The van der Waals surface area contributed by atoms with Crippen LogP contribution in [0.4, 0.5) is 0 Å². The molecular weight excluding hydrogens is 378 g/mol. The van der Waals surface area contributed by atoms with Crippen LogP contribution in [0.1, 0.15) is 38.5 Å². The lowest BCUT2D eigenvalue weighted by molar-refractivity contribution is -0.118. The Kier molecular flexibility index (Phi) is 8.63. The summed E-state index contributed by atoms with van der Waals surface area (Å²) in [6.45, 7) is 0.0662. The SMILES string of the molecule is NC(=O)CCCC(O)CCCCOS(=O)(=O)c1ccc(-c2ccccc2)cc1. The van der Waals surface area contributed by atoms with E-state index in [0.717, 1.165) is 11.1 Å². The lowest BCUT2D eigenvalue weighted by Gasteiger charge is -2.10. The number of rotatable bonds is 12. The molecule has 6 nitrogen and oxygen atoms in total. The molecule has 28 heavy (non-hydrogen) atoms. The molecule has 0 saturated heterocycles. The second-order valence-electron chi connectivity index (χ2n) is 6.67. The summed E-state index contributed by atoms with van der Waals surface area (Å²) in [6, 6.07) is 16.3. The minimum atomic E-state index is -3.80. The number of aliphatic hydroxyl groups is 1. The number of carbonyl (C=O) groups is 1. The smallest absolute Gasteiger partial charge is 0.296 e. The molecule has 2 aromatic carbocycles. The Hall–Kier alpha value is -2.22. The van der Waals surface area contributed by atoms with Crippen molar-refractivity contribution >= 4 is 16.0 Å². The Morgan fingerprint density at radius 2 is 1.54 bits per heavy atom. The van der Waals surface area contributed by atoms with Crippen LogP contribution in [-0.2, 0) is 19.1 Å². The van der Waals surface area contributed by atoms with Gasteiger partial charge in [-0.25, -0.2) is 0 Å². The molecule has 0 aliphatic rings. The molecule has 1 amide bonds. The van der Waals surface area contributed by atoms with Crippen LogP contribution in [0.3, 0.4) is 0 Å². The highest BCUT2D eigenvalue weighted by Gasteiger charge is 2.15. The van der Waals surface area contributed by atoms with Gasteiger partial charge in [-0.15, -0.1) is 0 Å². The molecule has 3 N–H and O–H groups in total. The Morgan fingerprint density at radius 3 is 2.18 bits per heavy atom. The van der Waals surface area contributed by atoms with Crippen molar-refractivity contribution in [3.63, 3.8) is 0 Å². The zero-order valence-electron chi connectivity index (χ0n) is 15.8. The summed E-state index contributed by atoms with van der Waals surface area (Å²) in [7, 11) is -3.80. The predicted octanol–water partition coefficient (Wildman–Crippen LogP) is 3.25. The van der Waals surface area contributed by atoms with Gasteiger partial charge < -0.3 is 10.8 Å². The van der Waals surface area contributed by atoms with Crippen molar-refractivity contribution in [3.05, 3.63) is 54.6 Å². The van der Waals surface area contributed by atoms with Gasteiger partial charge in [0.1, 0.15) is 0 Å². The molecule has 0 aliphatic heterocycles. The lowest BCUT2D eigenvalue weighted by Crippen LogP contribution is -2.13. The highest BCUT2D eigenvalue weighted by Crippen LogP contribution is 2.22. The molecule has 152 valence electrons. The first-order valence-electron chi connectivity index (χ1n) is 9.40. The van der Waals surface area contributed by atoms with E-state index < -0.39 is 16.2 Å². The third kappa shape index (κ3) is 7.42. The van der Waals surface area contributed by atoms with Gasteiger partial charge in [-0.3, -0.25) is 8.98 Å². The molecule has 0 radical (unpaired) electrons. The average molecular weight is 406 g/mol. The average Bonchev–Trinajstić information content (AvgIpc) is 2.68. The first-order valence-corrected chi connectivity index (χ1v) is 10.8. The minimum absolute atomic E-state index is 0.0662. The van der Waals surface area contributed by atoms with Gasteiger partial charge in [-0.1, -0.05) is 42.5 Å². The van der Waals surface area contributed by atoms with Gasteiger partial charge in [-0.2, -0.15) is 8.42 Å². The number of hydrogen-bond acceptors (Lipinski definition) is 5. The Balaban J connectivity index is 1.74. The van der Waals surface area contributed by atoms with Gasteiger partial charge in [-0.05, 0) is 55.4 Å². The van der Waals surface area contributed by atoms with E-state index in [-0.39, 0.29) is 23.8 Å². The summed E-state index contributed by atoms with van der Waals surface area (Å²) in [5, 5.41) is 9.81. The number of benzene rings is 2. The summed E-state index contributed by atoms with van der Waals surface area (Å²) in [5.74, 6) is -0.373. The monoisotopic (exact) mass is 405 g/mol. The maximum atomic E-state index is 12.3. The third-order valence-corrected chi connectivity index (χ3v) is 5.71. The molecule has 0 bridgehead atoms. The van der Waals surface area contributed by atoms with E-state index in [4.69, 9.17) is 9.92 Å². The van der Waals surface area contributed by atoms with Crippen LogP contribution < -0.4 is 5.73 Å². The molecule has 2 aromatic rings. The number of aliphatic hydroxyl groups excluding tert-OH is 1. The van der Waals surface area contributed by atoms with Crippen LogP contribution in [0.5, 0.6) is 0 Å². The van der Waals surface area contributed by atoms with E-state index in [9.17, 15) is 18.3 Å². The van der Waals surface area contributed by atoms with Gasteiger partial charge >= 0.3 is 0 Å². The minimum Gasteiger partial charge on any atom is -0.393 e. The molecule has 0 heterocycles. The molecule has 0 aromatic heterocycles. The summed E-state index contributed by atoms with van der Waals surface area (Å²) >= 11 is 0. The van der Waals surface area contributed by atoms with Crippen molar-refractivity contribution < 1.29 is 22.5 Å². The molecular formula is C21H27NO5S. The van der Waals surface area contributed by atoms with E-state index in [2.05, 4.69) is 0 Å². The second kappa shape index (κ2) is 10.9. The highest BCUT2D eigenvalue weighted by atomic mass is 32.2. The quantitative estimate of drug-likeness (QED) is 0.416. The van der Waals surface area contributed by atoms with Crippen LogP contribution in [0.25, 0.3) is 11.1 Å². The Bertz CT molecular complexity index is 835. The molecule has 1 atom stereocenters. The van der Waals surface area contributed by atoms with Crippen molar-refractivity contribution in [2.45, 2.75) is 49.5 Å². The normalized spacial score (nSPS) is 12.6. The maximum Gasteiger partial charge on any atom is 0.296 e. The number of carbonyl (C=O) groups excluding carboxylic acids is 1. The predicted molar refractivity (Wildman–Crippen MR) is 108 cm³/mol. The number of primary amides is 1. The summed E-state index contributed by atoms with van der Waals surface area (Å²) in [4.78, 5) is 10.8. The number of hydrogen-bond donors (Lipinski definition) is 2. The first kappa shape index (κ1) is 22.1. The number of nitrogens with two attached hydrogens (primary N) is 1. The van der Waals surface area contributed by atoms with E-state index in [1.54, 1.807) is 24.3 Å². The highest BCUT2D eigenvalue weighted by molar-refractivity contribution is 7.86. The van der Waals surface area contributed by atoms with Crippen molar-refractivity contribution in [1.82, 2.24) is 0 Å². The van der Waals surface area contributed by atoms with E-state index in [1.807, 2.05) is 30.3 Å². The van der Waals surface area contributed by atoms with Crippen LogP contribution in [0.15, 0.2) is 59.5 Å². The number of unbranched alkanes of at least 4 members (excludes halogenated alkanes) is 1. The lowest BCUT2D eigenvalue weighted by atomic mass is 10.1. The molecule has 0 spiro atoms. The van der Waals surface area contributed by atoms with Crippen LogP contribution >= 0.6 is 0 Å². The Morgan fingerprint density at radius 1 is 0.929 bits per heavy atom. The van der Waals surface area contributed by atoms with Crippen LogP contribution in [0.2, 0.25) is 0 Å². The maximum absolute atomic E-state index is 12.3. The molecule has 0 aliphatic carbocycles. The van der Waals surface area contributed by atoms with Crippen LogP contribution in [0, 0.1) is 0 Å². The standard InChI is InChI=1S/C21H27NO5S/c22-21(24)11-6-10-19(23)9-4-5-16-27-28(25,26)20-14-12-18(13-15-20)17-7-2-1-3-8-17/h1-3,7-8,12-15,19,23H,4-6,9-11,16H2,(H2,22,24). The van der Waals surface area contributed by atoms with Crippen molar-refractivity contribution in [2.75, 3.05) is 6.61 Å². The number of amides is 1. The summed E-state index contributed by atoms with van der Waals surface area (Å²) in [5.41, 5.74) is 7.00. The van der Waals surface area contributed by atoms with Gasteiger partial charge in [0.25, 0.3) is 10.1 Å². The molecule has 2 rings (SSSR count). The Labute approximate surface area is 166 Å². The topological polar surface area (TPSA) is 107 Å². The van der Waals surface area contributed by atoms with E-state index >= 15 is 0 Å². The summed E-state index contributed by atoms with van der Waals surface area (Å²) in [6.07, 6.45) is 2.52. The van der Waals surface area contributed by atoms with Gasteiger partial charge in [0.05, 0.1) is 17.6 Å². The third-order valence-electron chi connectivity index (χ3n) is 4.38. The van der Waals surface area contributed by atoms with Gasteiger partial charge in [0, 0.05) is 6.42 Å². The fourth-order valence-electron chi connectivity index (χ4n) is 2.82. The fraction of sp³-hybridized carbons (Fsp3) is 0.381. The molecule has 0 saturated carbocycles. The second-order valence-corrected chi connectivity index (χ2v) is 8.29. The fourth-order valence-corrected chi connectivity index (χ4v) is 3.76. The van der Waals surface area contributed by atoms with E-state index in [1.165, 1.54) is 0 Å². The molecule has 1 unspecified atom stereocenters.